The summed E-state index contributed by atoms with van der Waals surface area (Å²) in [6, 6.07) is 0. The van der Waals surface area contributed by atoms with Crippen molar-refractivity contribution < 1.29 is 5.11 Å². The third-order valence-electron chi connectivity index (χ3n) is 2.60. The zero-order chi connectivity index (χ0) is 12.2. The highest BCUT2D eigenvalue weighted by Crippen LogP contribution is 2.26. The van der Waals surface area contributed by atoms with Gasteiger partial charge in [-0.2, -0.15) is 0 Å². The minimum Gasteiger partial charge on any atom is -0.876 e. The second kappa shape index (κ2) is 5.24. The molecule has 0 spiro atoms. The molecule has 84 valence electrons. The second-order valence-electron chi connectivity index (χ2n) is 4.77. The second-order valence-corrected chi connectivity index (χ2v) is 4.77. The first kappa shape index (κ1) is 12.9. The van der Waals surface area contributed by atoms with Crippen molar-refractivity contribution in [3.63, 3.8) is 0 Å². The Bertz CT molecular complexity index is 370. The lowest BCUT2D eigenvalue weighted by Gasteiger charge is -2.14. The van der Waals surface area contributed by atoms with E-state index < -0.39 is 0 Å². The number of hydrogen-bond acceptors (Lipinski definition) is 1. The first-order valence-electron chi connectivity index (χ1n) is 5.63. The molecule has 0 unspecified atom stereocenters. The Morgan fingerprint density at radius 1 is 1.50 bits per heavy atom. The van der Waals surface area contributed by atoms with Crippen molar-refractivity contribution in [2.75, 3.05) is 0 Å². The van der Waals surface area contributed by atoms with E-state index in [9.17, 15) is 5.11 Å². The minimum atomic E-state index is -0.0107. The Morgan fingerprint density at radius 3 is 2.81 bits per heavy atom. The van der Waals surface area contributed by atoms with E-state index >= 15 is 0 Å². The molecule has 0 aromatic heterocycles. The monoisotopic (exact) mass is 213 g/mol. The molecule has 1 rings (SSSR count). The summed E-state index contributed by atoms with van der Waals surface area (Å²) < 4.78 is 0. The first-order valence-corrected chi connectivity index (χ1v) is 5.63. The van der Waals surface area contributed by atoms with Gasteiger partial charge in [0.1, 0.15) is 7.85 Å². The SMILES string of the molecule is [B]C1=CC(C)(C)C=CC(CCC([O-])=CC)=C1. The summed E-state index contributed by atoms with van der Waals surface area (Å²) in [5.41, 5.74) is 1.89. The van der Waals surface area contributed by atoms with E-state index in [1.807, 2.05) is 12.2 Å². The molecule has 2 heteroatoms. The van der Waals surface area contributed by atoms with Gasteiger partial charge in [0, 0.05) is 5.41 Å². The highest BCUT2D eigenvalue weighted by Gasteiger charge is 2.12. The van der Waals surface area contributed by atoms with Gasteiger partial charge in [0.25, 0.3) is 0 Å². The van der Waals surface area contributed by atoms with E-state index in [4.69, 9.17) is 7.85 Å². The molecule has 0 fully saturated rings. The predicted molar refractivity (Wildman–Crippen MR) is 67.8 cm³/mol. The summed E-state index contributed by atoms with van der Waals surface area (Å²) in [5, 5.41) is 11.2. The van der Waals surface area contributed by atoms with Crippen LogP contribution in [0.5, 0.6) is 0 Å². The molecule has 0 amide bonds. The van der Waals surface area contributed by atoms with Crippen LogP contribution in [0.25, 0.3) is 0 Å². The molecular weight excluding hydrogens is 195 g/mol. The summed E-state index contributed by atoms with van der Waals surface area (Å²) in [6.07, 6.45) is 11.1. The lowest BCUT2D eigenvalue weighted by molar-refractivity contribution is -0.306. The van der Waals surface area contributed by atoms with Crippen LogP contribution in [0.15, 0.2) is 47.2 Å². The van der Waals surface area contributed by atoms with Crippen molar-refractivity contribution >= 4 is 7.85 Å². The smallest absolute Gasteiger partial charge is 0.113 e. The molecule has 0 bridgehead atoms. The van der Waals surface area contributed by atoms with Gasteiger partial charge >= 0.3 is 0 Å². The van der Waals surface area contributed by atoms with E-state index in [0.717, 1.165) is 17.5 Å². The zero-order valence-electron chi connectivity index (χ0n) is 10.3. The average molecular weight is 213 g/mol. The van der Waals surface area contributed by atoms with Crippen molar-refractivity contribution in [2.45, 2.75) is 33.6 Å². The number of allylic oxidation sites excluding steroid dienone is 8. The topological polar surface area (TPSA) is 23.1 Å². The van der Waals surface area contributed by atoms with Gasteiger partial charge in [0.2, 0.25) is 0 Å². The molecular formula is C14H18BO-. The van der Waals surface area contributed by atoms with Gasteiger partial charge in [-0.25, -0.2) is 0 Å². The molecule has 16 heavy (non-hydrogen) atoms. The van der Waals surface area contributed by atoms with Crippen molar-refractivity contribution in [3.8, 4) is 0 Å². The van der Waals surface area contributed by atoms with Gasteiger partial charge in [-0.15, -0.1) is 5.76 Å². The predicted octanol–water partition coefficient (Wildman–Crippen LogP) is 2.61. The summed E-state index contributed by atoms with van der Waals surface area (Å²) in [7, 11) is 5.89. The largest absolute Gasteiger partial charge is 0.876 e. The van der Waals surface area contributed by atoms with Gasteiger partial charge in [-0.1, -0.05) is 49.7 Å². The van der Waals surface area contributed by atoms with Crippen LogP contribution in [0.4, 0.5) is 0 Å². The minimum absolute atomic E-state index is 0.0107. The maximum Gasteiger partial charge on any atom is 0.113 e. The van der Waals surface area contributed by atoms with Crippen LogP contribution in [-0.2, 0) is 0 Å². The fraction of sp³-hybridized carbons (Fsp3) is 0.429. The Morgan fingerprint density at radius 2 is 2.19 bits per heavy atom. The van der Waals surface area contributed by atoms with E-state index in [1.165, 1.54) is 0 Å². The third kappa shape index (κ3) is 4.14. The quantitative estimate of drug-likeness (QED) is 0.522. The van der Waals surface area contributed by atoms with Gasteiger partial charge in [-0.3, -0.25) is 0 Å². The maximum absolute atomic E-state index is 11.2. The Kier molecular flexibility index (Phi) is 4.22. The zero-order valence-corrected chi connectivity index (χ0v) is 10.3. The first-order chi connectivity index (χ1) is 7.43. The Balaban J connectivity index is 2.73. The average Bonchev–Trinajstić information content (AvgIpc) is 2.32. The highest BCUT2D eigenvalue weighted by atomic mass is 16.3. The van der Waals surface area contributed by atoms with Gasteiger partial charge in [-0.05, 0) is 25.3 Å². The van der Waals surface area contributed by atoms with Crippen molar-refractivity contribution in [3.05, 3.63) is 47.2 Å². The fourth-order valence-electron chi connectivity index (χ4n) is 1.67. The van der Waals surface area contributed by atoms with Gasteiger partial charge in [0.15, 0.2) is 0 Å². The molecule has 0 aliphatic heterocycles. The highest BCUT2D eigenvalue weighted by molar-refractivity contribution is 6.23. The van der Waals surface area contributed by atoms with Gasteiger partial charge < -0.3 is 5.11 Å². The van der Waals surface area contributed by atoms with E-state index in [0.29, 0.717) is 6.42 Å². The van der Waals surface area contributed by atoms with E-state index in [1.54, 1.807) is 13.0 Å². The molecule has 1 aliphatic carbocycles. The Hall–Kier alpha value is -1.18. The van der Waals surface area contributed by atoms with Crippen LogP contribution in [0.3, 0.4) is 0 Å². The number of hydrogen-bond donors (Lipinski definition) is 0. The summed E-state index contributed by atoms with van der Waals surface area (Å²) in [4.78, 5) is 0. The molecule has 1 nitrogen and oxygen atoms in total. The molecule has 0 saturated heterocycles. The molecule has 0 N–H and O–H groups in total. The molecule has 1 aliphatic rings. The van der Waals surface area contributed by atoms with Crippen molar-refractivity contribution in [2.24, 2.45) is 5.41 Å². The molecule has 0 atom stereocenters. The van der Waals surface area contributed by atoms with Crippen molar-refractivity contribution in [1.82, 2.24) is 0 Å². The fourth-order valence-corrected chi connectivity index (χ4v) is 1.67. The maximum atomic E-state index is 11.2. The van der Waals surface area contributed by atoms with Crippen LogP contribution < -0.4 is 5.11 Å². The molecule has 0 aromatic rings. The van der Waals surface area contributed by atoms with Crippen LogP contribution >= 0.6 is 0 Å². The Labute approximate surface area is 99.7 Å². The van der Waals surface area contributed by atoms with Gasteiger partial charge in [0.05, 0.1) is 0 Å². The molecule has 2 radical (unpaired) electrons. The standard InChI is InChI=1S/C14H19BO/c1-4-13(16)6-5-11-7-8-14(2,3)10-12(15)9-11/h4,7-10,16H,5-6H2,1-3H3/p-1. The summed E-state index contributed by atoms with van der Waals surface area (Å²) >= 11 is 0. The lowest BCUT2D eigenvalue weighted by Crippen LogP contribution is -2.03. The van der Waals surface area contributed by atoms with Crippen LogP contribution in [0, 0.1) is 5.41 Å². The van der Waals surface area contributed by atoms with Crippen molar-refractivity contribution in [1.29, 1.82) is 0 Å². The summed E-state index contributed by atoms with van der Waals surface area (Å²) in [6.45, 7) is 5.99. The molecule has 0 heterocycles. The molecule has 0 saturated carbocycles. The molecule has 0 aromatic carbocycles. The van der Waals surface area contributed by atoms with Crippen LogP contribution in [0.1, 0.15) is 33.6 Å². The van der Waals surface area contributed by atoms with E-state index in [-0.39, 0.29) is 11.2 Å². The number of rotatable bonds is 3. The summed E-state index contributed by atoms with van der Waals surface area (Å²) in [5.74, 6) is 0.181. The van der Waals surface area contributed by atoms with Crippen LogP contribution in [0.2, 0.25) is 0 Å². The normalized spacial score (nSPS) is 20.1. The lowest BCUT2D eigenvalue weighted by atomic mass is 9.85. The van der Waals surface area contributed by atoms with Crippen LogP contribution in [-0.4, -0.2) is 7.85 Å². The third-order valence-corrected chi connectivity index (χ3v) is 2.60. The van der Waals surface area contributed by atoms with E-state index in [2.05, 4.69) is 26.0 Å².